The first kappa shape index (κ1) is 17.3. The summed E-state index contributed by atoms with van der Waals surface area (Å²) in [5.41, 5.74) is 3.22. The van der Waals surface area contributed by atoms with Crippen molar-refractivity contribution in [3.63, 3.8) is 0 Å². The van der Waals surface area contributed by atoms with E-state index in [1.54, 1.807) is 24.4 Å². The van der Waals surface area contributed by atoms with E-state index in [0.29, 0.717) is 28.0 Å². The number of nitrogens with zero attached hydrogens (tertiary/aromatic N) is 1. The Bertz CT molecular complexity index is 1000. The summed E-state index contributed by atoms with van der Waals surface area (Å²) in [5, 5.41) is 4.54. The number of pyridine rings is 1. The minimum atomic E-state index is -0.389. The molecular formula is C20H13Cl3N2O. The van der Waals surface area contributed by atoms with E-state index in [0.717, 1.165) is 16.7 Å². The molecule has 26 heavy (non-hydrogen) atoms. The molecule has 1 aromatic heterocycles. The fourth-order valence-corrected chi connectivity index (χ4v) is 3.77. The maximum absolute atomic E-state index is 13.2. The second kappa shape index (κ2) is 6.92. The number of aromatic nitrogens is 1. The molecule has 1 aliphatic heterocycles. The molecule has 130 valence electrons. The summed E-state index contributed by atoms with van der Waals surface area (Å²) in [6.07, 6.45) is 1.73. The summed E-state index contributed by atoms with van der Waals surface area (Å²) >= 11 is 18.3. The number of benzene rings is 2. The highest BCUT2D eigenvalue weighted by Crippen LogP contribution is 2.41. The summed E-state index contributed by atoms with van der Waals surface area (Å²) in [4.78, 5) is 17.6. The van der Waals surface area contributed by atoms with Crippen LogP contribution in [0.3, 0.4) is 0 Å². The Morgan fingerprint density at radius 1 is 1.04 bits per heavy atom. The molecule has 2 aromatic carbocycles. The second-order valence-electron chi connectivity index (χ2n) is 6.03. The first-order valence-corrected chi connectivity index (χ1v) is 9.16. The molecule has 3 aromatic rings. The van der Waals surface area contributed by atoms with Crippen LogP contribution >= 0.6 is 34.8 Å². The van der Waals surface area contributed by atoms with E-state index < -0.39 is 0 Å². The number of carbonyl (C=O) groups excluding carboxylic acids is 1. The van der Waals surface area contributed by atoms with Crippen molar-refractivity contribution < 1.29 is 4.79 Å². The monoisotopic (exact) mass is 402 g/mol. The van der Waals surface area contributed by atoms with Crippen LogP contribution in [0.5, 0.6) is 0 Å². The number of halogens is 3. The Morgan fingerprint density at radius 2 is 1.81 bits per heavy atom. The molecule has 0 fully saturated rings. The minimum absolute atomic E-state index is 0.0769. The maximum atomic E-state index is 13.2. The lowest BCUT2D eigenvalue weighted by molar-refractivity contribution is 0.0967. The largest absolute Gasteiger partial charge is 0.369 e. The van der Waals surface area contributed by atoms with Crippen molar-refractivity contribution in [3.05, 3.63) is 80.9 Å². The van der Waals surface area contributed by atoms with Crippen LogP contribution in [0.15, 0.2) is 54.7 Å². The highest BCUT2D eigenvalue weighted by molar-refractivity contribution is 6.44. The van der Waals surface area contributed by atoms with E-state index in [-0.39, 0.29) is 16.7 Å². The number of ketones is 1. The average molecular weight is 404 g/mol. The van der Waals surface area contributed by atoms with Crippen molar-refractivity contribution in [1.29, 1.82) is 0 Å². The molecule has 1 N–H and O–H groups in total. The summed E-state index contributed by atoms with van der Waals surface area (Å²) in [7, 11) is 0. The van der Waals surface area contributed by atoms with Gasteiger partial charge in [-0.25, -0.2) is 4.98 Å². The van der Waals surface area contributed by atoms with Gasteiger partial charge >= 0.3 is 0 Å². The number of nitrogens with one attached hydrogen (secondary N) is 1. The van der Waals surface area contributed by atoms with Crippen LogP contribution < -0.4 is 5.32 Å². The van der Waals surface area contributed by atoms with E-state index in [1.807, 2.05) is 30.3 Å². The Morgan fingerprint density at radius 3 is 2.58 bits per heavy atom. The van der Waals surface area contributed by atoms with Crippen LogP contribution in [0.4, 0.5) is 5.82 Å². The number of hydrogen-bond donors (Lipinski definition) is 1. The molecule has 1 atom stereocenters. The molecule has 0 bridgehead atoms. The van der Waals surface area contributed by atoms with Crippen LogP contribution in [0, 0.1) is 0 Å². The van der Waals surface area contributed by atoms with Crippen LogP contribution in [0.2, 0.25) is 15.1 Å². The molecule has 1 aliphatic rings. The Labute approximate surface area is 165 Å². The highest BCUT2D eigenvalue weighted by atomic mass is 35.5. The number of fused-ring (bicyclic) bond motifs is 1. The fourth-order valence-electron chi connectivity index (χ4n) is 3.25. The van der Waals surface area contributed by atoms with Crippen LogP contribution in [0.1, 0.15) is 21.8 Å². The quantitative estimate of drug-likeness (QED) is 0.537. The molecule has 2 heterocycles. The summed E-state index contributed by atoms with van der Waals surface area (Å²) in [6, 6.07) is 14.5. The van der Waals surface area contributed by atoms with E-state index in [4.69, 9.17) is 34.8 Å². The second-order valence-corrected chi connectivity index (χ2v) is 7.25. The van der Waals surface area contributed by atoms with E-state index >= 15 is 0 Å². The van der Waals surface area contributed by atoms with Crippen LogP contribution in [-0.2, 0) is 0 Å². The molecule has 1 unspecified atom stereocenters. The topological polar surface area (TPSA) is 42.0 Å². The lowest BCUT2D eigenvalue weighted by Gasteiger charge is -2.15. The zero-order chi connectivity index (χ0) is 18.3. The zero-order valence-electron chi connectivity index (χ0n) is 13.5. The van der Waals surface area contributed by atoms with Gasteiger partial charge in [-0.1, -0.05) is 53.0 Å². The Kier molecular flexibility index (Phi) is 4.62. The van der Waals surface area contributed by atoms with E-state index in [9.17, 15) is 4.79 Å². The third kappa shape index (κ3) is 2.96. The molecule has 0 saturated heterocycles. The molecule has 4 rings (SSSR count). The SMILES string of the molecule is O=C(c1cccc(Cl)c1Cl)C1CNc2nccc(-c3ccc(Cl)cc3)c21. The molecule has 0 radical (unpaired) electrons. The molecular weight excluding hydrogens is 391 g/mol. The van der Waals surface area contributed by atoms with Gasteiger partial charge in [-0.2, -0.15) is 0 Å². The van der Waals surface area contributed by atoms with Gasteiger partial charge in [-0.05, 0) is 41.5 Å². The summed E-state index contributed by atoms with van der Waals surface area (Å²) in [6.45, 7) is 0.467. The van der Waals surface area contributed by atoms with Crippen molar-refractivity contribution in [2.45, 2.75) is 5.92 Å². The third-order valence-electron chi connectivity index (χ3n) is 4.50. The number of hydrogen-bond acceptors (Lipinski definition) is 3. The van der Waals surface area contributed by atoms with E-state index in [2.05, 4.69) is 10.3 Å². The lowest BCUT2D eigenvalue weighted by Crippen LogP contribution is -2.16. The Hall–Kier alpha value is -2.07. The number of anilines is 1. The van der Waals surface area contributed by atoms with Crippen molar-refractivity contribution in [3.8, 4) is 11.1 Å². The smallest absolute Gasteiger partial charge is 0.173 e. The van der Waals surface area contributed by atoms with Crippen LogP contribution in [-0.4, -0.2) is 17.3 Å². The third-order valence-corrected chi connectivity index (χ3v) is 5.57. The predicted molar refractivity (Wildman–Crippen MR) is 107 cm³/mol. The first-order chi connectivity index (χ1) is 12.6. The van der Waals surface area contributed by atoms with Gasteiger partial charge in [0, 0.05) is 28.9 Å². The van der Waals surface area contributed by atoms with Crippen molar-refractivity contribution in [1.82, 2.24) is 4.98 Å². The van der Waals surface area contributed by atoms with E-state index in [1.165, 1.54) is 0 Å². The van der Waals surface area contributed by atoms with Gasteiger partial charge in [-0.3, -0.25) is 4.79 Å². The van der Waals surface area contributed by atoms with Gasteiger partial charge in [0.05, 0.1) is 16.0 Å². The van der Waals surface area contributed by atoms with Crippen LogP contribution in [0.25, 0.3) is 11.1 Å². The van der Waals surface area contributed by atoms with Gasteiger partial charge in [-0.15, -0.1) is 0 Å². The van der Waals surface area contributed by atoms with Gasteiger partial charge in [0.15, 0.2) is 5.78 Å². The first-order valence-electron chi connectivity index (χ1n) is 8.03. The van der Waals surface area contributed by atoms with Gasteiger partial charge < -0.3 is 5.32 Å². The lowest BCUT2D eigenvalue weighted by atomic mass is 9.88. The van der Waals surface area contributed by atoms with Gasteiger partial charge in [0.2, 0.25) is 0 Å². The maximum Gasteiger partial charge on any atom is 0.173 e. The van der Waals surface area contributed by atoms with Gasteiger partial charge in [0.25, 0.3) is 0 Å². The minimum Gasteiger partial charge on any atom is -0.369 e. The van der Waals surface area contributed by atoms with Crippen molar-refractivity contribution in [2.24, 2.45) is 0 Å². The molecule has 6 heteroatoms. The Balaban J connectivity index is 1.81. The zero-order valence-corrected chi connectivity index (χ0v) is 15.7. The van der Waals surface area contributed by atoms with Crippen molar-refractivity contribution in [2.75, 3.05) is 11.9 Å². The molecule has 0 saturated carbocycles. The summed E-state index contributed by atoms with van der Waals surface area (Å²) < 4.78 is 0. The van der Waals surface area contributed by atoms with Gasteiger partial charge in [0.1, 0.15) is 5.82 Å². The molecule has 3 nitrogen and oxygen atoms in total. The predicted octanol–water partition coefficient (Wildman–Crippen LogP) is 6.10. The standard InChI is InChI=1S/C20H13Cl3N2O/c21-12-6-4-11(5-7-12)13-8-9-24-20-17(13)15(10-25-20)19(26)14-2-1-3-16(22)18(14)23/h1-9,15H,10H2,(H,24,25). The van der Waals surface area contributed by atoms with Crippen molar-refractivity contribution >= 4 is 46.4 Å². The fraction of sp³-hybridized carbons (Fsp3) is 0.100. The summed E-state index contributed by atoms with van der Waals surface area (Å²) in [5.74, 6) is 0.251. The normalized spacial score (nSPS) is 15.4. The highest BCUT2D eigenvalue weighted by Gasteiger charge is 2.33. The average Bonchev–Trinajstić information content (AvgIpc) is 3.08. The number of rotatable bonds is 3. The molecule has 0 aliphatic carbocycles. The molecule has 0 spiro atoms. The molecule has 0 amide bonds. The number of Topliss-reactive ketones (excluding diaryl/α,β-unsaturated/α-hetero) is 1. The number of carbonyl (C=O) groups is 1.